The molecule has 0 unspecified atom stereocenters. The predicted molar refractivity (Wildman–Crippen MR) is 129 cm³/mol. The minimum Gasteiger partial charge on any atom is -1.00 e. The van der Waals surface area contributed by atoms with Crippen LogP contribution in [0.3, 0.4) is 0 Å². The Labute approximate surface area is 210 Å². The van der Waals surface area contributed by atoms with Crippen LogP contribution in [0.1, 0.15) is 59.7 Å². The van der Waals surface area contributed by atoms with Crippen molar-refractivity contribution in [2.45, 2.75) is 67.7 Å². The minimum absolute atomic E-state index is 0. The summed E-state index contributed by atoms with van der Waals surface area (Å²) >= 11 is 0. The smallest absolute Gasteiger partial charge is 1.00 e. The quantitative estimate of drug-likeness (QED) is 0.377. The first-order valence-corrected chi connectivity index (χ1v) is 10.2. The van der Waals surface area contributed by atoms with E-state index in [1.54, 1.807) is 0 Å². The first-order valence-electron chi connectivity index (χ1n) is 10.2. The van der Waals surface area contributed by atoms with E-state index in [1.807, 2.05) is 0 Å². The second kappa shape index (κ2) is 10.0. The summed E-state index contributed by atoms with van der Waals surface area (Å²) in [4.78, 5) is 0. The Morgan fingerprint density at radius 2 is 0.867 bits per heavy atom. The van der Waals surface area contributed by atoms with Gasteiger partial charge in [0, 0.05) is 0 Å². The van der Waals surface area contributed by atoms with Crippen molar-refractivity contribution in [2.24, 2.45) is 0 Å². The molecule has 0 N–H and O–H groups in total. The molecule has 30 heavy (non-hydrogen) atoms. The monoisotopic (exact) mass is 472 g/mol. The fourth-order valence-corrected chi connectivity index (χ4v) is 4.48. The molecule has 0 aliphatic rings. The van der Waals surface area contributed by atoms with Crippen LogP contribution in [0.4, 0.5) is 0 Å². The molecule has 0 aromatic heterocycles. The van der Waals surface area contributed by atoms with E-state index in [-0.39, 0.29) is 45.4 Å². The molecule has 0 radical (unpaired) electrons. The minimum atomic E-state index is 0. The van der Waals surface area contributed by atoms with Gasteiger partial charge in [-0.25, -0.2) is 0 Å². The van der Waals surface area contributed by atoms with Crippen LogP contribution in [0.15, 0.2) is 36.4 Å². The van der Waals surface area contributed by atoms with Gasteiger partial charge in [0.05, 0.1) is 0 Å². The van der Waals surface area contributed by atoms with Crippen LogP contribution in [0, 0.1) is 47.6 Å². The van der Waals surface area contributed by atoms with Crippen molar-refractivity contribution >= 4 is 23.1 Å². The third-order valence-corrected chi connectivity index (χ3v) is 5.63. The van der Waals surface area contributed by atoms with Gasteiger partial charge in [-0.05, 0) is 47.0 Å². The van der Waals surface area contributed by atoms with Gasteiger partial charge in [-0.3, -0.25) is 0 Å². The Hall–Kier alpha value is -1.09. The van der Waals surface area contributed by atoms with E-state index >= 15 is 0 Å². The molecule has 0 nitrogen and oxygen atoms in total. The van der Waals surface area contributed by atoms with Crippen LogP contribution in [-0.4, -0.2) is 23.1 Å². The predicted octanol–water partition coefficient (Wildman–Crippen LogP) is 4.59. The zero-order valence-corrected chi connectivity index (χ0v) is 23.0. The van der Waals surface area contributed by atoms with Crippen LogP contribution in [0.25, 0.3) is 22.3 Å². The molecule has 3 aromatic carbocycles. The summed E-state index contributed by atoms with van der Waals surface area (Å²) in [6, 6.07) is 17.6. The third-order valence-electron chi connectivity index (χ3n) is 5.63. The normalized spacial score (nSPS) is 11.0. The number of hydrogen-bond acceptors (Lipinski definition) is 0. The molecule has 0 saturated carbocycles. The molecule has 0 heterocycles. The summed E-state index contributed by atoms with van der Waals surface area (Å²) in [6.07, 6.45) is 0. The number of benzene rings is 3. The van der Waals surface area contributed by atoms with Crippen LogP contribution in [-0.2, 0) is 5.41 Å². The van der Waals surface area contributed by atoms with E-state index in [0.717, 1.165) is 0 Å². The van der Waals surface area contributed by atoms with Crippen molar-refractivity contribution in [3.8, 4) is 22.3 Å². The summed E-state index contributed by atoms with van der Waals surface area (Å²) in [5, 5.41) is 0. The molecular weight excluding hydrogens is 441 g/mol. The molecule has 0 aliphatic heterocycles. The standard InChI is InChI=1S/C28H33.BrH.Mg/c1-17-10-19(3)26(20(4)11-17)23-14-24(16-25(15-23)28(7,8)9)27-21(5)12-18(2)13-22(27)6;;/h10-13,15-16H,1-9H3;1H;/q-1;;+2/p-1. The maximum absolute atomic E-state index is 3.79. The number of halogens is 1. The van der Waals surface area contributed by atoms with Gasteiger partial charge in [0.25, 0.3) is 0 Å². The first kappa shape index (κ1) is 26.9. The Balaban J connectivity index is 0.00000225. The third kappa shape index (κ3) is 5.58. The van der Waals surface area contributed by atoms with Gasteiger partial charge in [-0.15, -0.1) is 34.9 Å². The average molecular weight is 474 g/mol. The van der Waals surface area contributed by atoms with E-state index in [0.29, 0.717) is 0 Å². The zero-order valence-electron chi connectivity index (χ0n) is 20.0. The van der Waals surface area contributed by atoms with Crippen LogP contribution in [0.5, 0.6) is 0 Å². The van der Waals surface area contributed by atoms with Crippen molar-refractivity contribution < 1.29 is 17.0 Å². The summed E-state index contributed by atoms with van der Waals surface area (Å²) in [5.74, 6) is 0. The van der Waals surface area contributed by atoms with Gasteiger partial charge in [-0.2, -0.15) is 0 Å². The molecule has 0 fully saturated rings. The molecule has 2 heteroatoms. The van der Waals surface area contributed by atoms with Gasteiger partial charge < -0.3 is 17.0 Å². The van der Waals surface area contributed by atoms with Crippen LogP contribution >= 0.6 is 0 Å². The molecule has 0 amide bonds. The molecule has 0 saturated heterocycles. The SMILES string of the molecule is Cc1cc(C)c(-c2[c-]c(-c3c(C)cc(C)cc3C)cc(C(C)(C)C)c2)c(C)c1.[Br-].[Mg+2]. The summed E-state index contributed by atoms with van der Waals surface area (Å²) < 4.78 is 0. The summed E-state index contributed by atoms with van der Waals surface area (Å²) in [7, 11) is 0. The van der Waals surface area contributed by atoms with E-state index in [4.69, 9.17) is 0 Å². The maximum atomic E-state index is 3.79. The molecule has 0 atom stereocenters. The van der Waals surface area contributed by atoms with Crippen LogP contribution in [0.2, 0.25) is 0 Å². The Morgan fingerprint density at radius 3 is 1.13 bits per heavy atom. The molecular formula is C28H33BrMg. The number of rotatable bonds is 2. The van der Waals surface area contributed by atoms with E-state index in [2.05, 4.69) is 105 Å². The first-order chi connectivity index (χ1) is 13.0. The fourth-order valence-electron chi connectivity index (χ4n) is 4.48. The largest absolute Gasteiger partial charge is 2.00 e. The average Bonchev–Trinajstić information content (AvgIpc) is 2.51. The van der Waals surface area contributed by atoms with E-state index in [9.17, 15) is 0 Å². The topological polar surface area (TPSA) is 0 Å². The van der Waals surface area contributed by atoms with Gasteiger partial charge in [0.2, 0.25) is 0 Å². The Bertz CT molecular complexity index is 933. The molecule has 3 rings (SSSR count). The van der Waals surface area contributed by atoms with Crippen molar-refractivity contribution in [3.63, 3.8) is 0 Å². The van der Waals surface area contributed by atoms with Crippen molar-refractivity contribution in [1.82, 2.24) is 0 Å². The second-order valence-corrected chi connectivity index (χ2v) is 9.49. The summed E-state index contributed by atoms with van der Waals surface area (Å²) in [5.41, 5.74) is 14.4. The summed E-state index contributed by atoms with van der Waals surface area (Å²) in [6.45, 7) is 20.1. The zero-order chi connectivity index (χ0) is 20.8. The Kier molecular flexibility index (Phi) is 9.00. The van der Waals surface area contributed by atoms with Gasteiger partial charge >= 0.3 is 23.1 Å². The number of hydrogen-bond donors (Lipinski definition) is 0. The van der Waals surface area contributed by atoms with E-state index < -0.39 is 0 Å². The van der Waals surface area contributed by atoms with Gasteiger partial charge in [-0.1, -0.05) is 89.5 Å². The fraction of sp³-hybridized carbons (Fsp3) is 0.357. The van der Waals surface area contributed by atoms with Gasteiger partial charge in [0.15, 0.2) is 0 Å². The number of aryl methyl sites for hydroxylation is 6. The molecule has 154 valence electrons. The van der Waals surface area contributed by atoms with Gasteiger partial charge in [0.1, 0.15) is 0 Å². The van der Waals surface area contributed by atoms with Crippen LogP contribution < -0.4 is 17.0 Å². The van der Waals surface area contributed by atoms with Crippen molar-refractivity contribution in [1.29, 1.82) is 0 Å². The molecule has 0 bridgehead atoms. The molecule has 0 aliphatic carbocycles. The molecule has 0 spiro atoms. The van der Waals surface area contributed by atoms with Crippen molar-refractivity contribution in [3.05, 3.63) is 81.4 Å². The van der Waals surface area contributed by atoms with Crippen molar-refractivity contribution in [2.75, 3.05) is 0 Å². The second-order valence-electron chi connectivity index (χ2n) is 9.49. The van der Waals surface area contributed by atoms with E-state index in [1.165, 1.54) is 61.2 Å². The Morgan fingerprint density at radius 1 is 0.567 bits per heavy atom. The maximum Gasteiger partial charge on any atom is 2.00 e. The molecule has 3 aromatic rings.